The highest BCUT2D eigenvalue weighted by atomic mass is 79.9. The highest BCUT2D eigenvalue weighted by Crippen LogP contribution is 2.36. The predicted octanol–water partition coefficient (Wildman–Crippen LogP) is 4.40. The fourth-order valence-electron chi connectivity index (χ4n) is 1.80. The van der Waals surface area contributed by atoms with Crippen molar-refractivity contribution < 1.29 is 13.2 Å². The van der Waals surface area contributed by atoms with Crippen LogP contribution >= 0.6 is 15.9 Å². The van der Waals surface area contributed by atoms with E-state index in [-0.39, 0.29) is 11.7 Å². The van der Waals surface area contributed by atoms with E-state index in [1.807, 2.05) is 6.92 Å². The smallest absolute Gasteiger partial charge is 0.381 e. The maximum atomic E-state index is 12.9. The number of benzene rings is 1. The molecule has 3 N–H and O–H groups in total. The summed E-state index contributed by atoms with van der Waals surface area (Å²) in [6.45, 7) is 2.34. The second-order valence-electron chi connectivity index (χ2n) is 4.41. The lowest BCUT2D eigenvalue weighted by atomic mass is 10.1. The van der Waals surface area contributed by atoms with Gasteiger partial charge < -0.3 is 11.1 Å². The number of hydrogen-bond donors (Lipinski definition) is 2. The van der Waals surface area contributed by atoms with Gasteiger partial charge in [0.15, 0.2) is 0 Å². The van der Waals surface area contributed by atoms with Gasteiger partial charge in [-0.25, -0.2) is 0 Å². The number of nitrogens with two attached hydrogens (primary N) is 1. The van der Waals surface area contributed by atoms with Crippen LogP contribution in [0.2, 0.25) is 0 Å². The highest BCUT2D eigenvalue weighted by molar-refractivity contribution is 9.10. The van der Waals surface area contributed by atoms with Crippen molar-refractivity contribution in [2.45, 2.75) is 38.4 Å². The monoisotopic (exact) mass is 338 g/mol. The first kappa shape index (κ1) is 16.3. The third kappa shape index (κ3) is 5.03. The van der Waals surface area contributed by atoms with Crippen molar-refractivity contribution in [2.75, 3.05) is 11.9 Å². The van der Waals surface area contributed by atoms with Gasteiger partial charge in [0.2, 0.25) is 0 Å². The molecule has 0 aliphatic carbocycles. The minimum absolute atomic E-state index is 0.0772. The van der Waals surface area contributed by atoms with Crippen LogP contribution in [-0.2, 0) is 6.18 Å². The van der Waals surface area contributed by atoms with Crippen molar-refractivity contribution in [1.82, 2.24) is 0 Å². The molecule has 108 valence electrons. The zero-order chi connectivity index (χ0) is 14.5. The number of rotatable bonds is 6. The van der Waals surface area contributed by atoms with Crippen molar-refractivity contribution in [3.05, 3.63) is 28.2 Å². The van der Waals surface area contributed by atoms with Gasteiger partial charge in [-0.05, 0) is 24.6 Å². The summed E-state index contributed by atoms with van der Waals surface area (Å²) >= 11 is 3.19. The van der Waals surface area contributed by atoms with Gasteiger partial charge in [-0.3, -0.25) is 0 Å². The van der Waals surface area contributed by atoms with Gasteiger partial charge in [0.1, 0.15) is 0 Å². The summed E-state index contributed by atoms with van der Waals surface area (Å²) in [4.78, 5) is 0. The molecule has 0 heterocycles. The molecular weight excluding hydrogens is 321 g/mol. The maximum absolute atomic E-state index is 12.9. The molecule has 1 atom stereocenters. The average molecular weight is 339 g/mol. The average Bonchev–Trinajstić information content (AvgIpc) is 2.32. The SMILES string of the molecule is CCCCC(CN)Nc1cc(Br)ccc1C(F)(F)F. The minimum Gasteiger partial charge on any atom is -0.381 e. The number of hydrogen-bond acceptors (Lipinski definition) is 2. The first-order chi connectivity index (χ1) is 8.88. The van der Waals surface area contributed by atoms with Crippen LogP contribution in [0, 0.1) is 0 Å². The highest BCUT2D eigenvalue weighted by Gasteiger charge is 2.33. The summed E-state index contributed by atoms with van der Waals surface area (Å²) in [5.41, 5.74) is 5.02. The second-order valence-corrected chi connectivity index (χ2v) is 5.32. The van der Waals surface area contributed by atoms with Crippen LogP contribution in [0.25, 0.3) is 0 Å². The first-order valence-corrected chi connectivity index (χ1v) is 7.01. The van der Waals surface area contributed by atoms with E-state index in [9.17, 15) is 13.2 Å². The van der Waals surface area contributed by atoms with Crippen LogP contribution < -0.4 is 11.1 Å². The predicted molar refractivity (Wildman–Crippen MR) is 75.1 cm³/mol. The van der Waals surface area contributed by atoms with Gasteiger partial charge in [0.25, 0.3) is 0 Å². The van der Waals surface area contributed by atoms with E-state index >= 15 is 0 Å². The molecule has 0 aromatic heterocycles. The number of anilines is 1. The van der Waals surface area contributed by atoms with Crippen LogP contribution in [0.4, 0.5) is 18.9 Å². The Morgan fingerprint density at radius 3 is 2.58 bits per heavy atom. The summed E-state index contributed by atoms with van der Waals surface area (Å²) in [5.74, 6) is 0. The van der Waals surface area contributed by atoms with E-state index in [0.29, 0.717) is 11.0 Å². The molecule has 0 spiro atoms. The van der Waals surface area contributed by atoms with Crippen LogP contribution in [0.15, 0.2) is 22.7 Å². The molecule has 19 heavy (non-hydrogen) atoms. The number of unbranched alkanes of at least 4 members (excludes halogenated alkanes) is 1. The molecule has 0 bridgehead atoms. The van der Waals surface area contributed by atoms with Crippen molar-refractivity contribution in [2.24, 2.45) is 5.73 Å². The summed E-state index contributed by atoms with van der Waals surface area (Å²) < 4.78 is 39.3. The number of alkyl halides is 3. The number of halogens is 4. The molecule has 0 aliphatic heterocycles. The van der Waals surface area contributed by atoms with Crippen LogP contribution in [-0.4, -0.2) is 12.6 Å². The molecule has 1 unspecified atom stereocenters. The van der Waals surface area contributed by atoms with E-state index in [4.69, 9.17) is 5.73 Å². The van der Waals surface area contributed by atoms with Crippen LogP contribution in [0.5, 0.6) is 0 Å². The van der Waals surface area contributed by atoms with E-state index in [0.717, 1.165) is 25.3 Å². The number of nitrogens with one attached hydrogen (secondary N) is 1. The molecule has 0 fully saturated rings. The Kier molecular flexibility index (Phi) is 6.13. The van der Waals surface area contributed by atoms with E-state index in [1.54, 1.807) is 0 Å². The third-order valence-corrected chi connectivity index (χ3v) is 3.33. The molecule has 1 rings (SSSR count). The van der Waals surface area contributed by atoms with Crippen molar-refractivity contribution >= 4 is 21.6 Å². The molecule has 0 aliphatic rings. The normalized spacial score (nSPS) is 13.4. The Balaban J connectivity index is 2.94. The zero-order valence-electron chi connectivity index (χ0n) is 10.7. The molecule has 0 saturated heterocycles. The first-order valence-electron chi connectivity index (χ1n) is 6.21. The maximum Gasteiger partial charge on any atom is 0.418 e. The lowest BCUT2D eigenvalue weighted by molar-refractivity contribution is -0.137. The molecule has 1 aromatic rings. The molecule has 0 amide bonds. The molecule has 2 nitrogen and oxygen atoms in total. The van der Waals surface area contributed by atoms with Gasteiger partial charge in [-0.2, -0.15) is 13.2 Å². The van der Waals surface area contributed by atoms with Crippen LogP contribution in [0.1, 0.15) is 31.7 Å². The van der Waals surface area contributed by atoms with Crippen molar-refractivity contribution in [1.29, 1.82) is 0 Å². The molecule has 6 heteroatoms. The van der Waals surface area contributed by atoms with Crippen molar-refractivity contribution in [3.63, 3.8) is 0 Å². The Labute approximate surface area is 119 Å². The van der Waals surface area contributed by atoms with Crippen LogP contribution in [0.3, 0.4) is 0 Å². The zero-order valence-corrected chi connectivity index (χ0v) is 12.3. The summed E-state index contributed by atoms with van der Waals surface area (Å²) in [6.07, 6.45) is -1.68. The Bertz CT molecular complexity index is 407. The third-order valence-electron chi connectivity index (χ3n) is 2.84. The van der Waals surface area contributed by atoms with E-state index < -0.39 is 11.7 Å². The molecule has 0 radical (unpaired) electrons. The summed E-state index contributed by atoms with van der Waals surface area (Å²) in [5, 5.41) is 2.90. The summed E-state index contributed by atoms with van der Waals surface area (Å²) in [7, 11) is 0. The Morgan fingerprint density at radius 1 is 1.37 bits per heavy atom. The van der Waals surface area contributed by atoms with E-state index in [2.05, 4.69) is 21.2 Å². The van der Waals surface area contributed by atoms with Gasteiger partial charge in [-0.1, -0.05) is 35.7 Å². The lowest BCUT2D eigenvalue weighted by Crippen LogP contribution is -2.29. The van der Waals surface area contributed by atoms with Gasteiger partial charge in [0, 0.05) is 22.7 Å². The Hall–Kier alpha value is -0.750. The standard InChI is InChI=1S/C13H18BrF3N2/c1-2-3-4-10(8-18)19-12-7-9(14)5-6-11(12)13(15,16)17/h5-7,10,19H,2-4,8,18H2,1H3. The van der Waals surface area contributed by atoms with Crippen molar-refractivity contribution in [3.8, 4) is 0 Å². The fourth-order valence-corrected chi connectivity index (χ4v) is 2.16. The lowest BCUT2D eigenvalue weighted by Gasteiger charge is -2.21. The van der Waals surface area contributed by atoms with Gasteiger partial charge >= 0.3 is 6.18 Å². The molecular formula is C13H18BrF3N2. The second kappa shape index (κ2) is 7.14. The van der Waals surface area contributed by atoms with Gasteiger partial charge in [0.05, 0.1) is 5.56 Å². The van der Waals surface area contributed by atoms with Gasteiger partial charge in [-0.15, -0.1) is 0 Å². The topological polar surface area (TPSA) is 38.0 Å². The van der Waals surface area contributed by atoms with E-state index in [1.165, 1.54) is 12.1 Å². The quantitative estimate of drug-likeness (QED) is 0.806. The fraction of sp³-hybridized carbons (Fsp3) is 0.538. The minimum atomic E-state index is -4.37. The molecule has 1 aromatic carbocycles. The summed E-state index contributed by atoms with van der Waals surface area (Å²) in [6, 6.07) is 3.75. The molecule has 0 saturated carbocycles. The Morgan fingerprint density at radius 2 is 2.05 bits per heavy atom. The largest absolute Gasteiger partial charge is 0.418 e.